The molecule has 0 fully saturated rings. The van der Waals surface area contributed by atoms with Crippen LogP contribution in [0.15, 0.2) is 16.5 Å². The van der Waals surface area contributed by atoms with Gasteiger partial charge in [-0.05, 0) is 45.4 Å². The maximum atomic E-state index is 6.30. The molecule has 0 amide bonds. The monoisotopic (exact) mass is 252 g/mol. The van der Waals surface area contributed by atoms with Crippen molar-refractivity contribution < 1.29 is 4.42 Å². The van der Waals surface area contributed by atoms with Gasteiger partial charge in [0, 0.05) is 12.1 Å². The summed E-state index contributed by atoms with van der Waals surface area (Å²) in [5.74, 6) is 1.95. The molecule has 0 radical (unpaired) electrons. The second-order valence-electron chi connectivity index (χ2n) is 5.10. The smallest absolute Gasteiger partial charge is 0.122 e. The van der Waals surface area contributed by atoms with E-state index in [4.69, 9.17) is 10.2 Å². The van der Waals surface area contributed by atoms with Crippen molar-refractivity contribution in [2.75, 3.05) is 7.05 Å². The maximum absolute atomic E-state index is 6.30. The maximum Gasteiger partial charge on any atom is 0.122 e. The predicted octanol–water partition coefficient (Wildman–Crippen LogP) is 3.49. The van der Waals surface area contributed by atoms with E-state index in [0.29, 0.717) is 6.04 Å². The molecular weight excluding hydrogens is 224 g/mol. The number of furan rings is 1. The average Bonchev–Trinajstić information content (AvgIpc) is 2.77. The van der Waals surface area contributed by atoms with Gasteiger partial charge >= 0.3 is 0 Å². The number of aryl methyl sites for hydroxylation is 1. The Bertz CT molecular complexity index is 344. The molecule has 18 heavy (non-hydrogen) atoms. The highest BCUT2D eigenvalue weighted by Crippen LogP contribution is 2.28. The van der Waals surface area contributed by atoms with Crippen LogP contribution in [0, 0.1) is 6.92 Å². The first kappa shape index (κ1) is 15.3. The summed E-state index contributed by atoms with van der Waals surface area (Å²) in [6.45, 7) is 8.57. The van der Waals surface area contributed by atoms with Crippen LogP contribution in [0.25, 0.3) is 0 Å². The number of hydrogen-bond acceptors (Lipinski definition) is 3. The van der Waals surface area contributed by atoms with Gasteiger partial charge < -0.3 is 10.2 Å². The fraction of sp³-hybridized carbons (Fsp3) is 0.733. The number of nitrogens with two attached hydrogens (primary N) is 1. The summed E-state index contributed by atoms with van der Waals surface area (Å²) in [7, 11) is 2.16. The molecule has 0 aromatic carbocycles. The van der Waals surface area contributed by atoms with E-state index in [-0.39, 0.29) is 12.1 Å². The Morgan fingerprint density at radius 2 is 1.78 bits per heavy atom. The van der Waals surface area contributed by atoms with Crippen LogP contribution in [0.3, 0.4) is 0 Å². The molecule has 2 atom stereocenters. The van der Waals surface area contributed by atoms with Crippen molar-refractivity contribution in [2.24, 2.45) is 5.73 Å². The van der Waals surface area contributed by atoms with Gasteiger partial charge in [0.25, 0.3) is 0 Å². The van der Waals surface area contributed by atoms with Gasteiger partial charge in [-0.3, -0.25) is 4.90 Å². The fourth-order valence-corrected chi connectivity index (χ4v) is 2.64. The topological polar surface area (TPSA) is 42.4 Å². The summed E-state index contributed by atoms with van der Waals surface area (Å²) >= 11 is 0. The van der Waals surface area contributed by atoms with E-state index in [1.165, 1.54) is 0 Å². The first-order chi connectivity index (χ1) is 8.54. The zero-order chi connectivity index (χ0) is 13.7. The quantitative estimate of drug-likeness (QED) is 0.807. The van der Waals surface area contributed by atoms with Gasteiger partial charge in [0.15, 0.2) is 0 Å². The first-order valence-electron chi connectivity index (χ1n) is 7.08. The molecule has 0 aliphatic rings. The third-order valence-electron chi connectivity index (χ3n) is 3.89. The number of hydrogen-bond donors (Lipinski definition) is 1. The van der Waals surface area contributed by atoms with Gasteiger partial charge in [0.2, 0.25) is 0 Å². The van der Waals surface area contributed by atoms with Crippen molar-refractivity contribution in [3.63, 3.8) is 0 Å². The van der Waals surface area contributed by atoms with E-state index < -0.39 is 0 Å². The molecule has 2 N–H and O–H groups in total. The standard InChI is InChI=1S/C15H28N2O/c1-6-12(7-2)17(5)15(13(16)8-3)14-10-9-11(4)18-14/h9-10,12-13,15H,6-8,16H2,1-5H3. The van der Waals surface area contributed by atoms with E-state index >= 15 is 0 Å². The van der Waals surface area contributed by atoms with Crippen LogP contribution >= 0.6 is 0 Å². The van der Waals surface area contributed by atoms with Gasteiger partial charge in [0.1, 0.15) is 11.5 Å². The largest absolute Gasteiger partial charge is 0.465 e. The van der Waals surface area contributed by atoms with E-state index in [0.717, 1.165) is 30.8 Å². The van der Waals surface area contributed by atoms with Crippen molar-refractivity contribution in [1.82, 2.24) is 4.90 Å². The molecule has 0 aliphatic carbocycles. The molecule has 2 unspecified atom stereocenters. The van der Waals surface area contributed by atoms with Gasteiger partial charge in [-0.25, -0.2) is 0 Å². The van der Waals surface area contributed by atoms with Crippen molar-refractivity contribution in [3.8, 4) is 0 Å². The van der Waals surface area contributed by atoms with Crippen LogP contribution in [-0.4, -0.2) is 24.0 Å². The van der Waals surface area contributed by atoms with Crippen LogP contribution in [-0.2, 0) is 0 Å². The number of likely N-dealkylation sites (N-methyl/N-ethyl adjacent to an activating group) is 1. The Kier molecular flexibility index (Phi) is 5.89. The van der Waals surface area contributed by atoms with E-state index in [1.54, 1.807) is 0 Å². The summed E-state index contributed by atoms with van der Waals surface area (Å²) in [4.78, 5) is 2.38. The lowest BCUT2D eigenvalue weighted by Gasteiger charge is -2.36. The van der Waals surface area contributed by atoms with E-state index in [2.05, 4.69) is 38.8 Å². The fourth-order valence-electron chi connectivity index (χ4n) is 2.64. The Hall–Kier alpha value is -0.800. The number of rotatable bonds is 7. The van der Waals surface area contributed by atoms with Crippen molar-refractivity contribution in [1.29, 1.82) is 0 Å². The Morgan fingerprint density at radius 1 is 1.17 bits per heavy atom. The second kappa shape index (κ2) is 6.95. The highest BCUT2D eigenvalue weighted by atomic mass is 16.3. The van der Waals surface area contributed by atoms with Gasteiger partial charge in [-0.2, -0.15) is 0 Å². The molecule has 0 bridgehead atoms. The van der Waals surface area contributed by atoms with Gasteiger partial charge in [-0.15, -0.1) is 0 Å². The molecule has 0 saturated carbocycles. The molecular formula is C15H28N2O. The molecule has 1 heterocycles. The molecule has 3 nitrogen and oxygen atoms in total. The van der Waals surface area contributed by atoms with Crippen LogP contribution in [0.5, 0.6) is 0 Å². The van der Waals surface area contributed by atoms with Gasteiger partial charge in [-0.1, -0.05) is 20.8 Å². The lowest BCUT2D eigenvalue weighted by molar-refractivity contribution is 0.122. The summed E-state index contributed by atoms with van der Waals surface area (Å²) in [5, 5.41) is 0. The van der Waals surface area contributed by atoms with E-state index in [9.17, 15) is 0 Å². The SMILES string of the molecule is CCC(N)C(c1ccc(C)o1)N(C)C(CC)CC. The van der Waals surface area contributed by atoms with E-state index in [1.807, 2.05) is 13.0 Å². The third-order valence-corrected chi connectivity index (χ3v) is 3.89. The van der Waals surface area contributed by atoms with Crippen LogP contribution in [0.4, 0.5) is 0 Å². The molecule has 1 aromatic heterocycles. The van der Waals surface area contributed by atoms with Crippen molar-refractivity contribution >= 4 is 0 Å². The molecule has 1 rings (SSSR count). The average molecular weight is 252 g/mol. The summed E-state index contributed by atoms with van der Waals surface area (Å²) in [6.07, 6.45) is 3.23. The molecule has 3 heteroatoms. The normalized spacial score (nSPS) is 15.3. The Labute approximate surface area is 111 Å². The second-order valence-corrected chi connectivity index (χ2v) is 5.10. The predicted molar refractivity (Wildman–Crippen MR) is 76.6 cm³/mol. The van der Waals surface area contributed by atoms with Crippen molar-refractivity contribution in [3.05, 3.63) is 23.7 Å². The minimum absolute atomic E-state index is 0.112. The molecule has 104 valence electrons. The lowest BCUT2D eigenvalue weighted by atomic mass is 9.99. The lowest BCUT2D eigenvalue weighted by Crippen LogP contribution is -2.43. The summed E-state index contributed by atoms with van der Waals surface area (Å²) < 4.78 is 5.81. The van der Waals surface area contributed by atoms with Gasteiger partial charge in [0.05, 0.1) is 6.04 Å². The number of nitrogens with zero attached hydrogens (tertiary/aromatic N) is 1. The Morgan fingerprint density at radius 3 is 2.17 bits per heavy atom. The molecule has 0 saturated heterocycles. The summed E-state index contributed by atoms with van der Waals surface area (Å²) in [6, 6.07) is 4.92. The van der Waals surface area contributed by atoms with Crippen LogP contribution in [0.2, 0.25) is 0 Å². The van der Waals surface area contributed by atoms with Crippen LogP contribution < -0.4 is 5.73 Å². The van der Waals surface area contributed by atoms with Crippen LogP contribution in [0.1, 0.15) is 57.6 Å². The highest BCUT2D eigenvalue weighted by Gasteiger charge is 2.29. The third kappa shape index (κ3) is 3.36. The first-order valence-corrected chi connectivity index (χ1v) is 7.08. The van der Waals surface area contributed by atoms with Crippen molar-refractivity contribution in [2.45, 2.75) is 65.1 Å². The Balaban J connectivity index is 2.98. The highest BCUT2D eigenvalue weighted by molar-refractivity contribution is 5.12. The zero-order valence-electron chi connectivity index (χ0n) is 12.4. The summed E-state index contributed by atoms with van der Waals surface area (Å²) in [5.41, 5.74) is 6.30. The minimum Gasteiger partial charge on any atom is -0.465 e. The molecule has 0 spiro atoms. The molecule has 0 aliphatic heterocycles. The zero-order valence-corrected chi connectivity index (χ0v) is 12.4. The minimum atomic E-state index is 0.112. The molecule has 1 aromatic rings.